The van der Waals surface area contributed by atoms with Gasteiger partial charge in [0.2, 0.25) is 0 Å². The molecule has 0 saturated heterocycles. The summed E-state index contributed by atoms with van der Waals surface area (Å²) >= 11 is 0. The van der Waals surface area contributed by atoms with Crippen LogP contribution in [0.15, 0.2) is 0 Å². The van der Waals surface area contributed by atoms with Gasteiger partial charge in [0.15, 0.2) is 5.92 Å². The van der Waals surface area contributed by atoms with Crippen LogP contribution in [-0.4, -0.2) is 18.8 Å². The third-order valence-corrected chi connectivity index (χ3v) is 0.999. The molecular weight excluding hydrogens is 132 g/mol. The Morgan fingerprint density at radius 2 is 2.30 bits per heavy atom. The number of nitriles is 1. The summed E-state index contributed by atoms with van der Waals surface area (Å²) in [4.78, 5) is 10.6. The predicted molar refractivity (Wildman–Crippen MR) is 34.5 cm³/mol. The highest BCUT2D eigenvalue weighted by atomic mass is 16.5. The molecule has 0 heterocycles. The quantitative estimate of drug-likeness (QED) is 0.444. The molecule has 4 heteroatoms. The largest absolute Gasteiger partial charge is 0.468 e. The van der Waals surface area contributed by atoms with E-state index < -0.39 is 11.9 Å². The number of nitrogens with zero attached hydrogens (tertiary/aromatic N) is 1. The van der Waals surface area contributed by atoms with E-state index in [2.05, 4.69) is 4.74 Å². The molecule has 1 N–H and O–H groups in total. The zero-order valence-electron chi connectivity index (χ0n) is 5.84. The maximum absolute atomic E-state index is 10.6. The Labute approximate surface area is 58.9 Å². The van der Waals surface area contributed by atoms with Crippen LogP contribution in [-0.2, 0) is 9.53 Å². The third kappa shape index (κ3) is 1.86. The van der Waals surface area contributed by atoms with Gasteiger partial charge in [-0.05, 0) is 6.92 Å². The van der Waals surface area contributed by atoms with Gasteiger partial charge in [-0.25, -0.2) is 0 Å². The van der Waals surface area contributed by atoms with Crippen molar-refractivity contribution < 1.29 is 9.53 Å². The monoisotopic (exact) mass is 140 g/mol. The second-order valence-corrected chi connectivity index (χ2v) is 1.77. The summed E-state index contributed by atoms with van der Waals surface area (Å²) in [5.74, 6) is -1.71. The summed E-state index contributed by atoms with van der Waals surface area (Å²) in [5.41, 5.74) is 0.00866. The number of carbonyl (C=O) groups is 1. The van der Waals surface area contributed by atoms with E-state index in [1.807, 2.05) is 0 Å². The predicted octanol–water partition coefficient (Wildman–Crippen LogP) is 0.339. The number of carbonyl (C=O) groups excluding carboxylic acids is 1. The van der Waals surface area contributed by atoms with E-state index in [1.54, 1.807) is 6.07 Å². The molecule has 0 rings (SSSR count). The molecule has 10 heavy (non-hydrogen) atoms. The van der Waals surface area contributed by atoms with Gasteiger partial charge in [0.1, 0.15) is 0 Å². The van der Waals surface area contributed by atoms with Gasteiger partial charge >= 0.3 is 5.97 Å². The third-order valence-electron chi connectivity index (χ3n) is 0.999. The van der Waals surface area contributed by atoms with Crippen molar-refractivity contribution in [1.29, 1.82) is 10.7 Å². The molecule has 1 atom stereocenters. The van der Waals surface area contributed by atoms with Gasteiger partial charge in [0.25, 0.3) is 0 Å². The first-order valence-electron chi connectivity index (χ1n) is 2.66. The highest BCUT2D eigenvalue weighted by Crippen LogP contribution is 1.98. The van der Waals surface area contributed by atoms with Crippen molar-refractivity contribution >= 4 is 11.7 Å². The lowest BCUT2D eigenvalue weighted by Crippen LogP contribution is -2.20. The van der Waals surface area contributed by atoms with Crippen molar-refractivity contribution in [1.82, 2.24) is 0 Å². The number of ether oxygens (including phenoxy) is 1. The molecule has 0 aromatic rings. The minimum absolute atomic E-state index is 0.00866. The van der Waals surface area contributed by atoms with E-state index in [-0.39, 0.29) is 5.71 Å². The molecule has 0 aliphatic carbocycles. The van der Waals surface area contributed by atoms with E-state index >= 15 is 0 Å². The Morgan fingerprint density at radius 1 is 1.80 bits per heavy atom. The van der Waals surface area contributed by atoms with Crippen molar-refractivity contribution in [3.8, 4) is 6.07 Å². The normalized spacial score (nSPS) is 11.3. The maximum Gasteiger partial charge on any atom is 0.328 e. The van der Waals surface area contributed by atoms with Crippen LogP contribution in [0.25, 0.3) is 0 Å². The van der Waals surface area contributed by atoms with Crippen molar-refractivity contribution in [2.24, 2.45) is 5.92 Å². The Bertz CT molecular complexity index is 192. The van der Waals surface area contributed by atoms with Crippen LogP contribution in [0.1, 0.15) is 6.92 Å². The van der Waals surface area contributed by atoms with Crippen LogP contribution >= 0.6 is 0 Å². The van der Waals surface area contributed by atoms with E-state index in [9.17, 15) is 4.79 Å². The van der Waals surface area contributed by atoms with Gasteiger partial charge in [-0.1, -0.05) is 0 Å². The van der Waals surface area contributed by atoms with E-state index in [0.29, 0.717) is 0 Å². The maximum atomic E-state index is 10.6. The summed E-state index contributed by atoms with van der Waals surface area (Å²) in [6.07, 6.45) is 0. The molecule has 0 radical (unpaired) electrons. The number of esters is 1. The molecule has 0 aromatic heterocycles. The number of hydrogen-bond acceptors (Lipinski definition) is 4. The Morgan fingerprint density at radius 3 is 2.40 bits per heavy atom. The minimum Gasteiger partial charge on any atom is -0.468 e. The van der Waals surface area contributed by atoms with Crippen molar-refractivity contribution in [2.75, 3.05) is 7.11 Å². The molecule has 0 aliphatic rings. The molecule has 0 bridgehead atoms. The van der Waals surface area contributed by atoms with E-state index in [0.717, 1.165) is 0 Å². The average Bonchev–Trinajstić information content (AvgIpc) is 1.88. The first-order chi connectivity index (χ1) is 4.63. The number of hydrogen-bond donors (Lipinski definition) is 1. The molecule has 54 valence electrons. The average molecular weight is 140 g/mol. The molecule has 0 aromatic carbocycles. The Balaban J connectivity index is 4.25. The van der Waals surface area contributed by atoms with Crippen LogP contribution < -0.4 is 0 Å². The smallest absolute Gasteiger partial charge is 0.328 e. The highest BCUT2D eigenvalue weighted by Gasteiger charge is 2.19. The van der Waals surface area contributed by atoms with Crippen molar-refractivity contribution in [2.45, 2.75) is 6.92 Å². The Kier molecular flexibility index (Phi) is 3.12. The number of methoxy groups -OCH3 is 1. The summed E-state index contributed by atoms with van der Waals surface area (Å²) in [6.45, 7) is 1.39. The van der Waals surface area contributed by atoms with Gasteiger partial charge in [-0.15, -0.1) is 0 Å². The van der Waals surface area contributed by atoms with Gasteiger partial charge in [0, 0.05) is 5.71 Å². The van der Waals surface area contributed by atoms with Crippen LogP contribution in [0.5, 0.6) is 0 Å². The van der Waals surface area contributed by atoms with Crippen LogP contribution in [0.4, 0.5) is 0 Å². The van der Waals surface area contributed by atoms with Crippen molar-refractivity contribution in [3.63, 3.8) is 0 Å². The SMILES string of the molecule is COC(=O)C(C#N)C(C)=N. The Hall–Kier alpha value is -1.37. The summed E-state index contributed by atoms with van der Waals surface area (Å²) < 4.78 is 4.26. The lowest BCUT2D eigenvalue weighted by Gasteiger charge is -2.02. The van der Waals surface area contributed by atoms with Crippen molar-refractivity contribution in [3.05, 3.63) is 0 Å². The minimum atomic E-state index is -1.04. The molecule has 0 spiro atoms. The van der Waals surface area contributed by atoms with Gasteiger partial charge in [-0.3, -0.25) is 4.79 Å². The van der Waals surface area contributed by atoms with Gasteiger partial charge < -0.3 is 10.1 Å². The van der Waals surface area contributed by atoms with E-state index in [1.165, 1.54) is 14.0 Å². The van der Waals surface area contributed by atoms with Gasteiger partial charge in [0.05, 0.1) is 13.2 Å². The molecule has 1 unspecified atom stereocenters. The van der Waals surface area contributed by atoms with Crippen LogP contribution in [0, 0.1) is 22.7 Å². The number of nitrogens with one attached hydrogen (secondary N) is 1. The standard InChI is InChI=1S/C6H8N2O2/c1-4(8)5(3-7)6(9)10-2/h5,8H,1-2H3. The zero-order valence-corrected chi connectivity index (χ0v) is 5.84. The summed E-state index contributed by atoms with van der Waals surface area (Å²) in [7, 11) is 1.19. The van der Waals surface area contributed by atoms with E-state index in [4.69, 9.17) is 10.7 Å². The van der Waals surface area contributed by atoms with Gasteiger partial charge in [-0.2, -0.15) is 5.26 Å². The fraction of sp³-hybridized carbons (Fsp3) is 0.500. The second-order valence-electron chi connectivity index (χ2n) is 1.77. The molecular formula is C6H8N2O2. The number of rotatable bonds is 2. The zero-order chi connectivity index (χ0) is 8.15. The fourth-order valence-electron chi connectivity index (χ4n) is 0.444. The highest BCUT2D eigenvalue weighted by molar-refractivity contribution is 6.01. The molecule has 0 saturated carbocycles. The molecule has 4 nitrogen and oxygen atoms in total. The summed E-state index contributed by atoms with van der Waals surface area (Å²) in [5, 5.41) is 15.3. The fourth-order valence-corrected chi connectivity index (χ4v) is 0.444. The molecule has 0 amide bonds. The second kappa shape index (κ2) is 3.62. The molecule has 0 fully saturated rings. The van der Waals surface area contributed by atoms with Crippen LogP contribution in [0.3, 0.4) is 0 Å². The lowest BCUT2D eigenvalue weighted by atomic mass is 10.1. The first-order valence-corrected chi connectivity index (χ1v) is 2.66. The first kappa shape index (κ1) is 8.63. The topological polar surface area (TPSA) is 73.9 Å². The summed E-state index contributed by atoms with van der Waals surface area (Å²) in [6, 6.07) is 1.65. The van der Waals surface area contributed by atoms with Crippen LogP contribution in [0.2, 0.25) is 0 Å². The lowest BCUT2D eigenvalue weighted by molar-refractivity contribution is -0.141. The molecule has 0 aliphatic heterocycles.